The number of carbonyl (C=O) groups excluding carboxylic acids is 1. The maximum Gasteiger partial charge on any atom is 0.169 e. The molecule has 1 aliphatic carbocycles. The van der Waals surface area contributed by atoms with E-state index in [2.05, 4.69) is 52.0 Å². The Balaban J connectivity index is 2.44. The molecule has 2 unspecified atom stereocenters. The molecule has 0 aromatic heterocycles. The molecule has 0 N–H and O–H groups in total. The van der Waals surface area contributed by atoms with E-state index >= 15 is 0 Å². The summed E-state index contributed by atoms with van der Waals surface area (Å²) < 4.78 is 0. The van der Waals surface area contributed by atoms with Gasteiger partial charge in [-0.05, 0) is 43.4 Å². The first-order valence-electron chi connectivity index (χ1n) is 13.2. The second-order valence-electron chi connectivity index (χ2n) is 10.1. The van der Waals surface area contributed by atoms with Crippen LogP contribution in [0.25, 0.3) is 0 Å². The average Bonchev–Trinajstić information content (AvgIpc) is 3.34. The van der Waals surface area contributed by atoms with E-state index < -0.39 is 0 Å². The molecule has 1 aliphatic rings. The molecule has 1 saturated carbocycles. The molecule has 0 heterocycles. The van der Waals surface area contributed by atoms with E-state index in [0.29, 0.717) is 23.5 Å². The molecule has 0 saturated heterocycles. The van der Waals surface area contributed by atoms with Crippen LogP contribution >= 0.6 is 0 Å². The molecular formula is C29H48O. The predicted octanol–water partition coefficient (Wildman–Crippen LogP) is 9.26. The van der Waals surface area contributed by atoms with Crippen molar-refractivity contribution < 1.29 is 4.79 Å². The molecule has 0 aliphatic heterocycles. The number of carbonyl (C=O) groups is 1. The molecule has 0 radical (unpaired) electrons. The van der Waals surface area contributed by atoms with Crippen LogP contribution in [0.2, 0.25) is 0 Å². The van der Waals surface area contributed by atoms with Crippen LogP contribution in [-0.4, -0.2) is 5.78 Å². The third kappa shape index (κ3) is 6.69. The van der Waals surface area contributed by atoms with Gasteiger partial charge in [-0.2, -0.15) is 0 Å². The fourth-order valence-electron chi connectivity index (χ4n) is 6.06. The SMILES string of the molecule is CCCCC(CC)CC(CC(CC)CCCC)(C(=O)c1ccccc1)C1CCCC1. The van der Waals surface area contributed by atoms with E-state index in [1.165, 1.54) is 77.0 Å². The first-order chi connectivity index (χ1) is 14.6. The highest BCUT2D eigenvalue weighted by Crippen LogP contribution is 2.52. The second kappa shape index (κ2) is 13.3. The summed E-state index contributed by atoms with van der Waals surface area (Å²) in [7, 11) is 0. The Morgan fingerprint density at radius 1 is 0.867 bits per heavy atom. The van der Waals surface area contributed by atoms with Crippen molar-refractivity contribution in [3.8, 4) is 0 Å². The number of hydrogen-bond acceptors (Lipinski definition) is 1. The summed E-state index contributed by atoms with van der Waals surface area (Å²) in [5, 5.41) is 0. The molecule has 1 fully saturated rings. The van der Waals surface area contributed by atoms with Gasteiger partial charge in [0.2, 0.25) is 0 Å². The van der Waals surface area contributed by atoms with E-state index in [4.69, 9.17) is 0 Å². The molecule has 30 heavy (non-hydrogen) atoms. The van der Waals surface area contributed by atoms with Crippen molar-refractivity contribution >= 4 is 5.78 Å². The first kappa shape index (κ1) is 25.2. The van der Waals surface area contributed by atoms with Crippen LogP contribution in [0.4, 0.5) is 0 Å². The van der Waals surface area contributed by atoms with Crippen LogP contribution in [0.15, 0.2) is 30.3 Å². The van der Waals surface area contributed by atoms with Gasteiger partial charge in [-0.15, -0.1) is 0 Å². The minimum Gasteiger partial charge on any atom is -0.294 e. The van der Waals surface area contributed by atoms with Gasteiger partial charge in [0.1, 0.15) is 0 Å². The molecule has 170 valence electrons. The first-order valence-corrected chi connectivity index (χ1v) is 13.2. The molecule has 2 rings (SSSR count). The predicted molar refractivity (Wildman–Crippen MR) is 131 cm³/mol. The van der Waals surface area contributed by atoms with Gasteiger partial charge >= 0.3 is 0 Å². The summed E-state index contributed by atoms with van der Waals surface area (Å²) in [4.78, 5) is 14.3. The van der Waals surface area contributed by atoms with Gasteiger partial charge in [-0.3, -0.25) is 4.79 Å². The zero-order chi connectivity index (χ0) is 21.8. The van der Waals surface area contributed by atoms with Crippen molar-refractivity contribution in [3.05, 3.63) is 35.9 Å². The van der Waals surface area contributed by atoms with Crippen LogP contribution < -0.4 is 0 Å². The summed E-state index contributed by atoms with van der Waals surface area (Å²) in [5.41, 5.74) is 0.806. The van der Waals surface area contributed by atoms with Crippen LogP contribution in [0.1, 0.15) is 128 Å². The van der Waals surface area contributed by atoms with E-state index in [1.807, 2.05) is 6.07 Å². The van der Waals surface area contributed by atoms with Gasteiger partial charge in [0.05, 0.1) is 0 Å². The Hall–Kier alpha value is -1.11. The van der Waals surface area contributed by atoms with E-state index in [0.717, 1.165) is 18.4 Å². The summed E-state index contributed by atoms with van der Waals surface area (Å²) in [6.45, 7) is 9.29. The minimum atomic E-state index is -0.152. The standard InChI is InChI=1S/C29H48O/c1-5-9-16-24(7-3)22-29(27-20-14-15-21-27,23-25(8-4)17-10-6-2)28(30)26-18-12-11-13-19-26/h11-13,18-19,24-25,27H,5-10,14-17,20-23H2,1-4H3. The number of ketones is 1. The van der Waals surface area contributed by atoms with Gasteiger partial charge in [0.15, 0.2) is 5.78 Å². The molecule has 0 amide bonds. The fourth-order valence-corrected chi connectivity index (χ4v) is 6.06. The monoisotopic (exact) mass is 412 g/mol. The number of benzene rings is 1. The van der Waals surface area contributed by atoms with Crippen molar-refractivity contribution in [2.24, 2.45) is 23.2 Å². The van der Waals surface area contributed by atoms with Crippen LogP contribution in [0.3, 0.4) is 0 Å². The molecule has 1 aromatic rings. The van der Waals surface area contributed by atoms with Gasteiger partial charge in [-0.1, -0.05) is 122 Å². The quantitative estimate of drug-likeness (QED) is 0.262. The summed E-state index contributed by atoms with van der Waals surface area (Å²) in [5.74, 6) is 2.42. The Morgan fingerprint density at radius 3 is 1.80 bits per heavy atom. The van der Waals surface area contributed by atoms with Crippen molar-refractivity contribution in [3.63, 3.8) is 0 Å². The highest BCUT2D eigenvalue weighted by molar-refractivity contribution is 6.00. The van der Waals surface area contributed by atoms with E-state index in [-0.39, 0.29) is 5.41 Å². The Kier molecular flexibility index (Phi) is 11.2. The summed E-state index contributed by atoms with van der Waals surface area (Å²) >= 11 is 0. The van der Waals surface area contributed by atoms with Crippen molar-refractivity contribution in [2.45, 2.75) is 118 Å². The normalized spacial score (nSPS) is 18.8. The van der Waals surface area contributed by atoms with Gasteiger partial charge < -0.3 is 0 Å². The van der Waals surface area contributed by atoms with Crippen molar-refractivity contribution in [1.82, 2.24) is 0 Å². The number of hydrogen-bond donors (Lipinski definition) is 0. The average molecular weight is 413 g/mol. The van der Waals surface area contributed by atoms with Crippen LogP contribution in [0, 0.1) is 23.2 Å². The fraction of sp³-hybridized carbons (Fsp3) is 0.759. The second-order valence-corrected chi connectivity index (χ2v) is 10.1. The lowest BCUT2D eigenvalue weighted by Crippen LogP contribution is -2.41. The van der Waals surface area contributed by atoms with Gasteiger partial charge in [0, 0.05) is 11.0 Å². The van der Waals surface area contributed by atoms with Crippen molar-refractivity contribution in [2.75, 3.05) is 0 Å². The number of unbranched alkanes of at least 4 members (excludes halogenated alkanes) is 2. The topological polar surface area (TPSA) is 17.1 Å². The molecule has 0 spiro atoms. The summed E-state index contributed by atoms with van der Waals surface area (Å²) in [6, 6.07) is 10.3. The molecule has 0 bridgehead atoms. The van der Waals surface area contributed by atoms with Crippen LogP contribution in [0.5, 0.6) is 0 Å². The number of rotatable bonds is 15. The highest BCUT2D eigenvalue weighted by Gasteiger charge is 2.48. The molecule has 1 nitrogen and oxygen atoms in total. The third-order valence-corrected chi connectivity index (χ3v) is 8.02. The summed E-state index contributed by atoms with van der Waals surface area (Å²) in [6.07, 6.45) is 17.5. The van der Waals surface area contributed by atoms with E-state index in [9.17, 15) is 4.79 Å². The zero-order valence-electron chi connectivity index (χ0n) is 20.4. The maximum absolute atomic E-state index is 14.3. The maximum atomic E-state index is 14.3. The molecule has 2 atom stereocenters. The zero-order valence-corrected chi connectivity index (χ0v) is 20.4. The Bertz CT molecular complexity index is 566. The lowest BCUT2D eigenvalue weighted by atomic mass is 9.59. The smallest absolute Gasteiger partial charge is 0.169 e. The molecule has 1 aromatic carbocycles. The lowest BCUT2D eigenvalue weighted by Gasteiger charge is -2.43. The Labute approximate surface area is 187 Å². The van der Waals surface area contributed by atoms with Crippen LogP contribution in [-0.2, 0) is 0 Å². The lowest BCUT2D eigenvalue weighted by molar-refractivity contribution is 0.0455. The minimum absolute atomic E-state index is 0.152. The molecule has 1 heteroatoms. The van der Waals surface area contributed by atoms with Crippen molar-refractivity contribution in [1.29, 1.82) is 0 Å². The number of Topliss-reactive ketones (excluding diaryl/α,β-unsaturated/α-hetero) is 1. The Morgan fingerprint density at radius 2 is 1.37 bits per heavy atom. The highest BCUT2D eigenvalue weighted by atomic mass is 16.1. The largest absolute Gasteiger partial charge is 0.294 e. The molecular weight excluding hydrogens is 364 g/mol. The van der Waals surface area contributed by atoms with Gasteiger partial charge in [0.25, 0.3) is 0 Å². The van der Waals surface area contributed by atoms with Gasteiger partial charge in [-0.25, -0.2) is 0 Å². The van der Waals surface area contributed by atoms with E-state index in [1.54, 1.807) is 0 Å². The third-order valence-electron chi connectivity index (χ3n) is 8.02.